The van der Waals surface area contributed by atoms with Gasteiger partial charge in [0.2, 0.25) is 0 Å². The van der Waals surface area contributed by atoms with Crippen molar-refractivity contribution < 1.29 is 9.59 Å². The molecule has 2 amide bonds. The molecule has 5 aromatic rings. The Kier molecular flexibility index (Phi) is 4.33. The van der Waals surface area contributed by atoms with Gasteiger partial charge in [0.1, 0.15) is 0 Å². The van der Waals surface area contributed by atoms with E-state index in [-0.39, 0.29) is 11.8 Å². The number of carbonyl (C=O) groups excluding carboxylic acids is 2. The minimum absolute atomic E-state index is 0.368. The van der Waals surface area contributed by atoms with Crippen molar-refractivity contribution in [3.63, 3.8) is 0 Å². The number of anilines is 4. The molecule has 0 unspecified atom stereocenters. The zero-order valence-corrected chi connectivity index (χ0v) is 17.6. The van der Waals surface area contributed by atoms with E-state index in [4.69, 9.17) is 0 Å². The Bertz CT molecular complexity index is 1470. The summed E-state index contributed by atoms with van der Waals surface area (Å²) in [7, 11) is 0. The van der Waals surface area contributed by atoms with Crippen LogP contribution in [0.15, 0.2) is 97.1 Å². The van der Waals surface area contributed by atoms with Crippen LogP contribution in [0.25, 0.3) is 21.5 Å². The van der Waals surface area contributed by atoms with Crippen LogP contribution in [0.4, 0.5) is 22.7 Å². The maximum absolute atomic E-state index is 12.3. The van der Waals surface area contributed by atoms with Gasteiger partial charge in [-0.05, 0) is 57.9 Å². The van der Waals surface area contributed by atoms with E-state index in [9.17, 15) is 9.59 Å². The molecular weight excluding hydrogens is 410 g/mol. The summed E-state index contributed by atoms with van der Waals surface area (Å²) in [4.78, 5) is 24.6. The lowest BCUT2D eigenvalue weighted by molar-refractivity contribution is 0.0879. The smallest absolute Gasteiger partial charge is 0.259 e. The highest BCUT2D eigenvalue weighted by atomic mass is 16.2. The fraction of sp³-hybridized carbons (Fsp3) is 0. The molecule has 33 heavy (non-hydrogen) atoms. The summed E-state index contributed by atoms with van der Waals surface area (Å²) >= 11 is 0. The van der Waals surface area contributed by atoms with Crippen LogP contribution in [0.1, 0.15) is 20.7 Å². The zero-order valence-electron chi connectivity index (χ0n) is 17.6. The second kappa shape index (κ2) is 7.50. The highest BCUT2D eigenvalue weighted by molar-refractivity contribution is 6.22. The van der Waals surface area contributed by atoms with Gasteiger partial charge in [0.05, 0.1) is 22.5 Å². The van der Waals surface area contributed by atoms with Crippen LogP contribution in [-0.2, 0) is 0 Å². The van der Waals surface area contributed by atoms with Crippen molar-refractivity contribution in [2.24, 2.45) is 0 Å². The minimum Gasteiger partial charge on any atom is -0.354 e. The highest BCUT2D eigenvalue weighted by Gasteiger charge is 2.28. The van der Waals surface area contributed by atoms with Crippen molar-refractivity contribution in [2.75, 3.05) is 10.6 Å². The van der Waals surface area contributed by atoms with Crippen molar-refractivity contribution in [3.8, 4) is 0 Å². The molecule has 158 valence electrons. The molecule has 1 heterocycles. The Balaban J connectivity index is 1.43. The van der Waals surface area contributed by atoms with Gasteiger partial charge < -0.3 is 10.6 Å². The third-order valence-corrected chi connectivity index (χ3v) is 5.93. The van der Waals surface area contributed by atoms with E-state index in [1.165, 1.54) is 0 Å². The predicted octanol–water partition coefficient (Wildman–Crippen LogP) is 6.36. The van der Waals surface area contributed by atoms with Crippen molar-refractivity contribution in [1.82, 2.24) is 5.32 Å². The number of imide groups is 1. The summed E-state index contributed by atoms with van der Waals surface area (Å²) in [5, 5.41) is 13.8. The van der Waals surface area contributed by atoms with Crippen LogP contribution in [-0.4, -0.2) is 11.8 Å². The molecule has 5 nitrogen and oxygen atoms in total. The molecule has 0 spiro atoms. The second-order valence-corrected chi connectivity index (χ2v) is 8.10. The summed E-state index contributed by atoms with van der Waals surface area (Å²) in [5.74, 6) is -0.761. The lowest BCUT2D eigenvalue weighted by atomic mass is 10.1. The third kappa shape index (κ3) is 3.46. The van der Waals surface area contributed by atoms with Crippen LogP contribution >= 0.6 is 0 Å². The normalized spacial score (nSPS) is 12.6. The first-order valence-electron chi connectivity index (χ1n) is 10.7. The van der Waals surface area contributed by atoms with Crippen LogP contribution in [0.5, 0.6) is 0 Å². The number of rotatable bonds is 4. The van der Waals surface area contributed by atoms with E-state index in [1.807, 2.05) is 36.4 Å². The largest absolute Gasteiger partial charge is 0.354 e. The predicted molar refractivity (Wildman–Crippen MR) is 133 cm³/mol. The van der Waals surface area contributed by atoms with E-state index in [1.54, 1.807) is 12.1 Å². The van der Waals surface area contributed by atoms with Crippen LogP contribution in [0.2, 0.25) is 0 Å². The third-order valence-electron chi connectivity index (χ3n) is 5.93. The summed E-state index contributed by atoms with van der Waals surface area (Å²) < 4.78 is 0. The number of nitrogens with one attached hydrogen (secondary N) is 3. The number of fused-ring (bicyclic) bond motifs is 3. The lowest BCUT2D eigenvalue weighted by Crippen LogP contribution is -2.19. The van der Waals surface area contributed by atoms with Gasteiger partial charge in [-0.2, -0.15) is 0 Å². The molecule has 0 saturated carbocycles. The lowest BCUT2D eigenvalue weighted by Gasteiger charge is -2.16. The van der Waals surface area contributed by atoms with Crippen molar-refractivity contribution in [2.45, 2.75) is 0 Å². The number of hydrogen-bond donors (Lipinski definition) is 3. The van der Waals surface area contributed by atoms with E-state index >= 15 is 0 Å². The standard InChI is InChI=1S/C28H19N3O2/c32-27-23-15-25(29-21-11-9-17-5-1-3-7-19(17)13-21)26(16-24(23)28(33)31-27)30-22-12-10-18-6-2-4-8-20(18)14-22/h1-16,29-30H,(H,31,32,33). The fourth-order valence-electron chi connectivity index (χ4n) is 4.27. The molecule has 0 atom stereocenters. The molecule has 5 aromatic carbocycles. The van der Waals surface area contributed by atoms with E-state index in [0.717, 1.165) is 32.9 Å². The first kappa shape index (κ1) is 19.1. The molecule has 0 radical (unpaired) electrons. The quantitative estimate of drug-likeness (QED) is 0.291. The summed E-state index contributed by atoms with van der Waals surface area (Å²) in [6.07, 6.45) is 0. The van der Waals surface area contributed by atoms with Gasteiger partial charge in [0.15, 0.2) is 0 Å². The number of amides is 2. The van der Waals surface area contributed by atoms with Gasteiger partial charge in [0, 0.05) is 11.4 Å². The molecule has 0 aliphatic carbocycles. The molecule has 3 N–H and O–H groups in total. The highest BCUT2D eigenvalue weighted by Crippen LogP contribution is 2.34. The van der Waals surface area contributed by atoms with E-state index in [0.29, 0.717) is 22.5 Å². The Morgan fingerprint density at radius 2 is 0.909 bits per heavy atom. The maximum atomic E-state index is 12.3. The molecule has 5 heteroatoms. The van der Waals surface area contributed by atoms with Gasteiger partial charge in [-0.1, -0.05) is 60.7 Å². The van der Waals surface area contributed by atoms with Crippen LogP contribution in [0.3, 0.4) is 0 Å². The Morgan fingerprint density at radius 1 is 0.485 bits per heavy atom. The minimum atomic E-state index is -0.381. The van der Waals surface area contributed by atoms with Gasteiger partial charge in [-0.15, -0.1) is 0 Å². The Morgan fingerprint density at radius 3 is 1.36 bits per heavy atom. The first-order valence-corrected chi connectivity index (χ1v) is 10.7. The molecule has 6 rings (SSSR count). The second-order valence-electron chi connectivity index (χ2n) is 8.10. The van der Waals surface area contributed by atoms with Gasteiger partial charge >= 0.3 is 0 Å². The molecule has 1 aliphatic heterocycles. The summed E-state index contributed by atoms with van der Waals surface area (Å²) in [5.41, 5.74) is 3.93. The van der Waals surface area contributed by atoms with Crippen molar-refractivity contribution in [3.05, 3.63) is 108 Å². The van der Waals surface area contributed by atoms with Crippen molar-refractivity contribution in [1.29, 1.82) is 0 Å². The van der Waals surface area contributed by atoms with E-state index < -0.39 is 0 Å². The summed E-state index contributed by atoms with van der Waals surface area (Å²) in [6.45, 7) is 0. The van der Waals surface area contributed by atoms with Crippen LogP contribution < -0.4 is 16.0 Å². The fourth-order valence-corrected chi connectivity index (χ4v) is 4.27. The molecule has 0 bridgehead atoms. The molecule has 0 saturated heterocycles. The monoisotopic (exact) mass is 429 g/mol. The molecular formula is C28H19N3O2. The first-order chi connectivity index (χ1) is 16.1. The van der Waals surface area contributed by atoms with Crippen LogP contribution in [0, 0.1) is 0 Å². The Labute approximate surface area is 190 Å². The average Bonchev–Trinajstić information content (AvgIpc) is 3.11. The topological polar surface area (TPSA) is 70.2 Å². The SMILES string of the molecule is O=C1NC(=O)c2cc(Nc3ccc4ccccc4c3)c(Nc3ccc4ccccc4c3)cc21. The number of benzene rings is 5. The zero-order chi connectivity index (χ0) is 22.4. The number of hydrogen-bond acceptors (Lipinski definition) is 4. The summed E-state index contributed by atoms with van der Waals surface area (Å²) in [6, 6.07) is 32.0. The molecule has 0 aromatic heterocycles. The van der Waals surface area contributed by atoms with Gasteiger partial charge in [-0.3, -0.25) is 14.9 Å². The van der Waals surface area contributed by atoms with E-state index in [2.05, 4.69) is 64.5 Å². The van der Waals surface area contributed by atoms with Crippen molar-refractivity contribution >= 4 is 56.1 Å². The molecule has 1 aliphatic rings. The molecule has 0 fully saturated rings. The number of carbonyl (C=O) groups is 2. The average molecular weight is 429 g/mol. The van der Waals surface area contributed by atoms with Gasteiger partial charge in [0.25, 0.3) is 11.8 Å². The Hall–Kier alpha value is -4.64. The maximum Gasteiger partial charge on any atom is 0.259 e. The van der Waals surface area contributed by atoms with Gasteiger partial charge in [-0.25, -0.2) is 0 Å².